The number of amides is 1. The van der Waals surface area contributed by atoms with Crippen molar-refractivity contribution in [1.29, 1.82) is 0 Å². The predicted octanol–water partition coefficient (Wildman–Crippen LogP) is 3.42. The summed E-state index contributed by atoms with van der Waals surface area (Å²) in [4.78, 5) is 22.4. The Hall–Kier alpha value is -2.73. The van der Waals surface area contributed by atoms with Gasteiger partial charge in [0, 0.05) is 24.8 Å². The van der Waals surface area contributed by atoms with Crippen LogP contribution in [0.5, 0.6) is 0 Å². The monoisotopic (exact) mass is 342 g/mol. The number of ether oxygens (including phenoxy) is 1. The molecule has 6 nitrogen and oxygen atoms in total. The van der Waals surface area contributed by atoms with Crippen molar-refractivity contribution < 1.29 is 14.5 Å². The summed E-state index contributed by atoms with van der Waals surface area (Å²) in [5, 5.41) is 13.7. The number of rotatable bonds is 9. The molecule has 0 heterocycles. The zero-order chi connectivity index (χ0) is 18.1. The summed E-state index contributed by atoms with van der Waals surface area (Å²) in [6.07, 6.45) is 0.682. The van der Waals surface area contributed by atoms with Gasteiger partial charge < -0.3 is 10.1 Å². The molecule has 1 atom stereocenters. The van der Waals surface area contributed by atoms with Crippen LogP contribution >= 0.6 is 0 Å². The fraction of sp³-hybridized carbons (Fsp3) is 0.316. The lowest BCUT2D eigenvalue weighted by Crippen LogP contribution is -2.27. The number of nitrogens with zero attached hydrogens (tertiary/aromatic N) is 1. The predicted molar refractivity (Wildman–Crippen MR) is 95.2 cm³/mol. The van der Waals surface area contributed by atoms with E-state index in [1.54, 1.807) is 18.2 Å². The molecule has 2 aromatic rings. The Morgan fingerprint density at radius 1 is 1.16 bits per heavy atom. The van der Waals surface area contributed by atoms with E-state index < -0.39 is 4.92 Å². The lowest BCUT2D eigenvalue weighted by atomic mass is 10.1. The number of para-hydroxylation sites is 1. The van der Waals surface area contributed by atoms with Gasteiger partial charge in [0.1, 0.15) is 0 Å². The normalized spacial score (nSPS) is 11.7. The molecule has 0 saturated heterocycles. The maximum absolute atomic E-state index is 11.9. The number of benzene rings is 2. The van der Waals surface area contributed by atoms with Gasteiger partial charge in [0.05, 0.1) is 17.4 Å². The zero-order valence-corrected chi connectivity index (χ0v) is 14.2. The van der Waals surface area contributed by atoms with E-state index in [1.807, 2.05) is 37.3 Å². The second-order valence-electron chi connectivity index (χ2n) is 5.69. The Morgan fingerprint density at radius 3 is 2.56 bits per heavy atom. The average molecular weight is 342 g/mol. The van der Waals surface area contributed by atoms with Gasteiger partial charge in [-0.3, -0.25) is 14.9 Å². The summed E-state index contributed by atoms with van der Waals surface area (Å²) in [7, 11) is 0. The summed E-state index contributed by atoms with van der Waals surface area (Å²) >= 11 is 0. The fourth-order valence-corrected chi connectivity index (χ4v) is 2.45. The van der Waals surface area contributed by atoms with E-state index in [1.165, 1.54) is 6.07 Å². The van der Waals surface area contributed by atoms with Gasteiger partial charge in [-0.25, -0.2) is 0 Å². The van der Waals surface area contributed by atoms with Gasteiger partial charge in [-0.2, -0.15) is 0 Å². The van der Waals surface area contributed by atoms with Crippen LogP contribution in [-0.2, 0) is 16.0 Å². The summed E-state index contributed by atoms with van der Waals surface area (Å²) in [6, 6.07) is 16.2. The van der Waals surface area contributed by atoms with Crippen molar-refractivity contribution in [3.05, 3.63) is 75.8 Å². The van der Waals surface area contributed by atoms with Crippen LogP contribution < -0.4 is 5.32 Å². The van der Waals surface area contributed by atoms with Crippen molar-refractivity contribution in [3.8, 4) is 0 Å². The molecule has 0 radical (unpaired) electrons. The Labute approximate surface area is 147 Å². The van der Waals surface area contributed by atoms with E-state index >= 15 is 0 Å². The second-order valence-corrected chi connectivity index (χ2v) is 5.69. The van der Waals surface area contributed by atoms with Crippen LogP contribution in [0, 0.1) is 10.1 Å². The van der Waals surface area contributed by atoms with Gasteiger partial charge in [0.2, 0.25) is 5.91 Å². The van der Waals surface area contributed by atoms with E-state index in [0.717, 1.165) is 5.56 Å². The third kappa shape index (κ3) is 6.00. The Kier molecular flexibility index (Phi) is 7.10. The summed E-state index contributed by atoms with van der Waals surface area (Å²) < 4.78 is 5.74. The van der Waals surface area contributed by atoms with Gasteiger partial charge in [-0.05, 0) is 18.9 Å². The molecule has 0 fully saturated rings. The van der Waals surface area contributed by atoms with Crippen LogP contribution in [0.4, 0.5) is 5.69 Å². The molecule has 0 aliphatic rings. The highest BCUT2D eigenvalue weighted by Gasteiger charge is 2.15. The number of hydrogen-bond acceptors (Lipinski definition) is 4. The lowest BCUT2D eigenvalue weighted by Gasteiger charge is -2.13. The second kappa shape index (κ2) is 9.54. The molecule has 1 N–H and O–H groups in total. The third-order valence-electron chi connectivity index (χ3n) is 3.82. The standard InChI is InChI=1S/C19H22N2O4/c1-15(16-8-3-2-4-9-16)25-13-7-12-20-19(22)14-17-10-5-6-11-18(17)21(23)24/h2-6,8-11,15H,7,12-14H2,1H3,(H,20,22)/t15-/m0/s1. The maximum Gasteiger partial charge on any atom is 0.273 e. The highest BCUT2D eigenvalue weighted by atomic mass is 16.6. The fourth-order valence-electron chi connectivity index (χ4n) is 2.45. The van der Waals surface area contributed by atoms with Gasteiger partial charge in [-0.1, -0.05) is 48.5 Å². The van der Waals surface area contributed by atoms with Crippen LogP contribution in [0.25, 0.3) is 0 Å². The molecule has 0 aliphatic heterocycles. The topological polar surface area (TPSA) is 81.5 Å². The largest absolute Gasteiger partial charge is 0.374 e. The number of carbonyl (C=O) groups excluding carboxylic acids is 1. The molecule has 0 spiro atoms. The molecular weight excluding hydrogens is 320 g/mol. The molecule has 1 amide bonds. The van der Waals surface area contributed by atoms with E-state index in [-0.39, 0.29) is 24.1 Å². The van der Waals surface area contributed by atoms with Gasteiger partial charge in [0.15, 0.2) is 0 Å². The minimum absolute atomic E-state index is 0.00156. The van der Waals surface area contributed by atoms with E-state index in [9.17, 15) is 14.9 Å². The number of nitro groups is 1. The minimum Gasteiger partial charge on any atom is -0.374 e. The van der Waals surface area contributed by atoms with Crippen molar-refractivity contribution in [2.24, 2.45) is 0 Å². The maximum atomic E-state index is 11.9. The molecule has 2 rings (SSSR count). The third-order valence-corrected chi connectivity index (χ3v) is 3.82. The first kappa shape index (κ1) is 18.6. The highest BCUT2D eigenvalue weighted by Crippen LogP contribution is 2.18. The Balaban J connectivity index is 1.68. The molecule has 0 aromatic heterocycles. The van der Waals surface area contributed by atoms with Crippen molar-refractivity contribution >= 4 is 11.6 Å². The summed E-state index contributed by atoms with van der Waals surface area (Å²) in [6.45, 7) is 2.99. The van der Waals surface area contributed by atoms with Gasteiger partial charge in [0.25, 0.3) is 5.69 Å². The van der Waals surface area contributed by atoms with Crippen LogP contribution in [0.2, 0.25) is 0 Å². The molecule has 2 aromatic carbocycles. The average Bonchev–Trinajstić information content (AvgIpc) is 2.62. The van der Waals surface area contributed by atoms with Crippen molar-refractivity contribution in [2.75, 3.05) is 13.2 Å². The first-order chi connectivity index (χ1) is 12.1. The smallest absolute Gasteiger partial charge is 0.273 e. The molecule has 0 saturated carbocycles. The van der Waals surface area contributed by atoms with Crippen molar-refractivity contribution in [3.63, 3.8) is 0 Å². The van der Waals surface area contributed by atoms with Crippen LogP contribution in [0.1, 0.15) is 30.6 Å². The number of hydrogen-bond donors (Lipinski definition) is 1. The van der Waals surface area contributed by atoms with Crippen LogP contribution in [0.3, 0.4) is 0 Å². The lowest BCUT2D eigenvalue weighted by molar-refractivity contribution is -0.385. The Morgan fingerprint density at radius 2 is 1.84 bits per heavy atom. The summed E-state index contributed by atoms with van der Waals surface area (Å²) in [5.41, 5.74) is 1.50. The van der Waals surface area contributed by atoms with Gasteiger partial charge >= 0.3 is 0 Å². The molecule has 132 valence electrons. The number of nitrogens with one attached hydrogen (secondary N) is 1. The molecule has 0 aliphatic carbocycles. The van der Waals surface area contributed by atoms with Crippen molar-refractivity contribution in [1.82, 2.24) is 5.32 Å². The molecular formula is C19H22N2O4. The quantitative estimate of drug-likeness (QED) is 0.430. The number of nitro benzene ring substituents is 1. The van der Waals surface area contributed by atoms with Crippen LogP contribution in [-0.4, -0.2) is 24.0 Å². The molecule has 0 unspecified atom stereocenters. The molecule has 0 bridgehead atoms. The van der Waals surface area contributed by atoms with Crippen LogP contribution in [0.15, 0.2) is 54.6 Å². The number of carbonyl (C=O) groups is 1. The highest BCUT2D eigenvalue weighted by molar-refractivity contribution is 5.79. The van der Waals surface area contributed by atoms with E-state index in [4.69, 9.17) is 4.74 Å². The first-order valence-electron chi connectivity index (χ1n) is 8.23. The minimum atomic E-state index is -0.471. The van der Waals surface area contributed by atoms with E-state index in [0.29, 0.717) is 25.1 Å². The SMILES string of the molecule is C[C@H](OCCCNC(=O)Cc1ccccc1[N+](=O)[O-])c1ccccc1. The zero-order valence-electron chi connectivity index (χ0n) is 14.2. The van der Waals surface area contributed by atoms with Gasteiger partial charge in [-0.15, -0.1) is 0 Å². The summed E-state index contributed by atoms with van der Waals surface area (Å²) in [5.74, 6) is -0.231. The molecule has 25 heavy (non-hydrogen) atoms. The van der Waals surface area contributed by atoms with Crippen molar-refractivity contribution in [2.45, 2.75) is 25.9 Å². The molecule has 6 heteroatoms. The Bertz CT molecular complexity index is 704. The first-order valence-corrected chi connectivity index (χ1v) is 8.23. The van der Waals surface area contributed by atoms with E-state index in [2.05, 4.69) is 5.32 Å².